The molecule has 2 N–H and O–H groups in total. The molecule has 2 rings (SSSR count). The highest BCUT2D eigenvalue weighted by Gasteiger charge is 2.23. The van der Waals surface area contributed by atoms with Crippen molar-refractivity contribution in [1.29, 1.82) is 0 Å². The lowest BCUT2D eigenvalue weighted by Gasteiger charge is -2.12. The number of amides is 1. The second kappa shape index (κ2) is 5.83. The quantitative estimate of drug-likeness (QED) is 0.851. The van der Waals surface area contributed by atoms with Crippen LogP contribution >= 0.6 is 0 Å². The second-order valence-corrected chi connectivity index (χ2v) is 6.52. The first-order valence-electron chi connectivity index (χ1n) is 7.23. The van der Waals surface area contributed by atoms with E-state index in [-0.39, 0.29) is 23.5 Å². The van der Waals surface area contributed by atoms with E-state index in [0.29, 0.717) is 23.0 Å². The van der Waals surface area contributed by atoms with Gasteiger partial charge in [0, 0.05) is 5.41 Å². The zero-order chi connectivity index (χ0) is 16.5. The van der Waals surface area contributed by atoms with Crippen LogP contribution in [0.25, 0.3) is 0 Å². The van der Waals surface area contributed by atoms with Crippen molar-refractivity contribution in [2.24, 2.45) is 0 Å². The molecule has 0 radical (unpaired) electrons. The van der Waals surface area contributed by atoms with Crippen LogP contribution in [0.1, 0.15) is 43.7 Å². The standard InChI is InChI=1S/C17H22N2O3/c1-10-6-7-12(13(20)8-10)19-15(21)9-14-11(2)18-16(22-14)17(3,4)5/h6-8,20H,9H2,1-5H3,(H,19,21). The van der Waals surface area contributed by atoms with Gasteiger partial charge in [-0.15, -0.1) is 0 Å². The molecule has 0 saturated carbocycles. The summed E-state index contributed by atoms with van der Waals surface area (Å²) in [6, 6.07) is 5.11. The molecule has 0 fully saturated rings. The number of hydrogen-bond acceptors (Lipinski definition) is 4. The highest BCUT2D eigenvalue weighted by Crippen LogP contribution is 2.26. The Hall–Kier alpha value is -2.30. The summed E-state index contributed by atoms with van der Waals surface area (Å²) in [5.74, 6) is 0.969. The highest BCUT2D eigenvalue weighted by molar-refractivity contribution is 5.93. The monoisotopic (exact) mass is 302 g/mol. The number of carbonyl (C=O) groups excluding carboxylic acids is 1. The number of phenolic OH excluding ortho intramolecular Hbond substituents is 1. The average molecular weight is 302 g/mol. The number of aromatic hydroxyl groups is 1. The van der Waals surface area contributed by atoms with Gasteiger partial charge in [-0.25, -0.2) is 4.98 Å². The van der Waals surface area contributed by atoms with Crippen molar-refractivity contribution < 1.29 is 14.3 Å². The highest BCUT2D eigenvalue weighted by atomic mass is 16.4. The third-order valence-corrected chi connectivity index (χ3v) is 3.28. The molecule has 0 saturated heterocycles. The van der Waals surface area contributed by atoms with E-state index in [4.69, 9.17) is 4.42 Å². The Labute approximate surface area is 130 Å². The van der Waals surface area contributed by atoms with Crippen LogP contribution in [0.2, 0.25) is 0 Å². The molecule has 0 spiro atoms. The van der Waals surface area contributed by atoms with Gasteiger partial charge in [0.2, 0.25) is 5.91 Å². The van der Waals surface area contributed by atoms with Gasteiger partial charge in [0.25, 0.3) is 0 Å². The normalized spacial score (nSPS) is 11.5. The van der Waals surface area contributed by atoms with Gasteiger partial charge in [-0.2, -0.15) is 0 Å². The molecule has 1 amide bonds. The van der Waals surface area contributed by atoms with Crippen LogP contribution in [-0.2, 0) is 16.6 Å². The summed E-state index contributed by atoms with van der Waals surface area (Å²) in [6.45, 7) is 9.72. The summed E-state index contributed by atoms with van der Waals surface area (Å²) in [5.41, 5.74) is 1.84. The molecule has 5 nitrogen and oxygen atoms in total. The Bertz CT molecular complexity index is 696. The van der Waals surface area contributed by atoms with Crippen LogP contribution < -0.4 is 5.32 Å². The van der Waals surface area contributed by atoms with Gasteiger partial charge in [-0.3, -0.25) is 4.79 Å². The third kappa shape index (κ3) is 3.67. The number of aryl methyl sites for hydroxylation is 2. The predicted octanol–water partition coefficient (Wildman–Crippen LogP) is 3.48. The molecule has 0 aliphatic carbocycles. The number of phenols is 1. The zero-order valence-corrected chi connectivity index (χ0v) is 13.7. The number of nitrogens with one attached hydrogen (secondary N) is 1. The van der Waals surface area contributed by atoms with Gasteiger partial charge in [0.05, 0.1) is 17.8 Å². The van der Waals surface area contributed by atoms with Crippen molar-refractivity contribution >= 4 is 11.6 Å². The molecule has 0 aliphatic rings. The molecule has 118 valence electrons. The van der Waals surface area contributed by atoms with Crippen LogP contribution in [0, 0.1) is 13.8 Å². The van der Waals surface area contributed by atoms with Crippen molar-refractivity contribution in [2.75, 3.05) is 5.32 Å². The number of hydrogen-bond donors (Lipinski definition) is 2. The Morgan fingerprint density at radius 2 is 2.00 bits per heavy atom. The van der Waals surface area contributed by atoms with E-state index in [1.54, 1.807) is 12.1 Å². The summed E-state index contributed by atoms with van der Waals surface area (Å²) in [7, 11) is 0. The molecule has 0 atom stereocenters. The van der Waals surface area contributed by atoms with Crippen LogP contribution in [0.4, 0.5) is 5.69 Å². The molecule has 0 bridgehead atoms. The maximum Gasteiger partial charge on any atom is 0.232 e. The Balaban J connectivity index is 2.11. The minimum atomic E-state index is -0.251. The van der Waals surface area contributed by atoms with Gasteiger partial charge < -0.3 is 14.8 Å². The Morgan fingerprint density at radius 3 is 2.55 bits per heavy atom. The Kier molecular flexibility index (Phi) is 4.26. The summed E-state index contributed by atoms with van der Waals surface area (Å²) in [6.07, 6.45) is 0.0855. The lowest BCUT2D eigenvalue weighted by Crippen LogP contribution is -2.14. The summed E-state index contributed by atoms with van der Waals surface area (Å²) >= 11 is 0. The van der Waals surface area contributed by atoms with Crippen molar-refractivity contribution in [3.63, 3.8) is 0 Å². The minimum absolute atomic E-state index is 0.0537. The third-order valence-electron chi connectivity index (χ3n) is 3.28. The van der Waals surface area contributed by atoms with Crippen molar-refractivity contribution in [2.45, 2.75) is 46.5 Å². The SMILES string of the molecule is Cc1ccc(NC(=O)Cc2oc(C(C)(C)C)nc2C)c(O)c1. The van der Waals surface area contributed by atoms with Gasteiger partial charge in [-0.05, 0) is 31.5 Å². The van der Waals surface area contributed by atoms with Crippen LogP contribution in [0.15, 0.2) is 22.6 Å². The average Bonchev–Trinajstić information content (AvgIpc) is 2.74. The molecule has 2 aromatic rings. The Morgan fingerprint density at radius 1 is 1.32 bits per heavy atom. The summed E-state index contributed by atoms with van der Waals surface area (Å²) in [4.78, 5) is 16.5. The van der Waals surface area contributed by atoms with Gasteiger partial charge >= 0.3 is 0 Å². The van der Waals surface area contributed by atoms with E-state index in [2.05, 4.69) is 10.3 Å². The van der Waals surface area contributed by atoms with Crippen molar-refractivity contribution in [3.8, 4) is 5.75 Å². The van der Waals surface area contributed by atoms with Crippen molar-refractivity contribution in [1.82, 2.24) is 4.98 Å². The summed E-state index contributed by atoms with van der Waals surface area (Å²) in [5, 5.41) is 12.5. The fraction of sp³-hybridized carbons (Fsp3) is 0.412. The molecular formula is C17H22N2O3. The fourth-order valence-electron chi connectivity index (χ4n) is 2.00. The molecule has 0 aliphatic heterocycles. The molecule has 1 heterocycles. The molecule has 0 unspecified atom stereocenters. The molecule has 1 aromatic carbocycles. The molecule has 5 heteroatoms. The van der Waals surface area contributed by atoms with Gasteiger partial charge in [-0.1, -0.05) is 26.8 Å². The number of nitrogens with zero attached hydrogens (tertiary/aromatic N) is 1. The largest absolute Gasteiger partial charge is 0.506 e. The van der Waals surface area contributed by atoms with E-state index in [1.807, 2.05) is 40.7 Å². The smallest absolute Gasteiger partial charge is 0.232 e. The first-order chi connectivity index (χ1) is 10.2. The number of anilines is 1. The topological polar surface area (TPSA) is 75.4 Å². The van der Waals surface area contributed by atoms with Crippen LogP contribution in [-0.4, -0.2) is 16.0 Å². The predicted molar refractivity (Wildman–Crippen MR) is 85.1 cm³/mol. The maximum absolute atomic E-state index is 12.1. The molecule has 1 aromatic heterocycles. The molecular weight excluding hydrogens is 280 g/mol. The fourth-order valence-corrected chi connectivity index (χ4v) is 2.00. The van der Waals surface area contributed by atoms with Crippen LogP contribution in [0.3, 0.4) is 0 Å². The lowest BCUT2D eigenvalue weighted by atomic mass is 9.97. The van der Waals surface area contributed by atoms with Crippen molar-refractivity contribution in [3.05, 3.63) is 41.1 Å². The lowest BCUT2D eigenvalue weighted by molar-refractivity contribution is -0.115. The number of oxazole rings is 1. The zero-order valence-electron chi connectivity index (χ0n) is 13.7. The maximum atomic E-state index is 12.1. The van der Waals surface area contributed by atoms with E-state index in [1.165, 1.54) is 0 Å². The van der Waals surface area contributed by atoms with Gasteiger partial charge in [0.15, 0.2) is 5.89 Å². The van der Waals surface area contributed by atoms with E-state index in [0.717, 1.165) is 5.56 Å². The number of rotatable bonds is 3. The molecule has 22 heavy (non-hydrogen) atoms. The van der Waals surface area contributed by atoms with E-state index >= 15 is 0 Å². The van der Waals surface area contributed by atoms with Gasteiger partial charge in [0.1, 0.15) is 11.5 Å². The first kappa shape index (κ1) is 16.1. The number of aromatic nitrogens is 1. The summed E-state index contributed by atoms with van der Waals surface area (Å²) < 4.78 is 5.70. The van der Waals surface area contributed by atoms with E-state index in [9.17, 15) is 9.90 Å². The van der Waals surface area contributed by atoms with Crippen LogP contribution in [0.5, 0.6) is 5.75 Å². The van der Waals surface area contributed by atoms with E-state index < -0.39 is 0 Å². The number of benzene rings is 1. The minimum Gasteiger partial charge on any atom is -0.506 e. The number of carbonyl (C=O) groups is 1. The second-order valence-electron chi connectivity index (χ2n) is 6.52. The first-order valence-corrected chi connectivity index (χ1v) is 7.23.